The predicted molar refractivity (Wildman–Crippen MR) is 59.5 cm³/mol. The summed E-state index contributed by atoms with van der Waals surface area (Å²) in [6.45, 7) is 2.00. The maximum absolute atomic E-state index is 10.7. The Hall–Kier alpha value is -2.10. The maximum Gasteiger partial charge on any atom is 0.217 e. The molecular formula is C12H12N2O2. The summed E-state index contributed by atoms with van der Waals surface area (Å²) in [5.41, 5.74) is 2.79. The van der Waals surface area contributed by atoms with Crippen molar-refractivity contribution in [3.05, 3.63) is 42.5 Å². The second-order valence-corrected chi connectivity index (χ2v) is 3.47. The molecule has 0 radical (unpaired) electrons. The van der Waals surface area contributed by atoms with Crippen LogP contribution in [0.2, 0.25) is 0 Å². The van der Waals surface area contributed by atoms with E-state index in [1.165, 1.54) is 6.92 Å². The molecule has 4 heteroatoms. The second kappa shape index (κ2) is 4.61. The number of nitrogens with one attached hydrogen (secondary N) is 1. The van der Waals surface area contributed by atoms with E-state index in [0.29, 0.717) is 6.54 Å². The first kappa shape index (κ1) is 10.4. The normalized spacial score (nSPS) is 10.1. The summed E-state index contributed by atoms with van der Waals surface area (Å²) in [5, 5.41) is 2.72. The highest BCUT2D eigenvalue weighted by Gasteiger charge is 2.01. The van der Waals surface area contributed by atoms with E-state index in [-0.39, 0.29) is 5.91 Å². The molecule has 0 aromatic carbocycles. The molecule has 1 amide bonds. The molecule has 0 aliphatic carbocycles. The zero-order chi connectivity index (χ0) is 11.4. The molecule has 0 fully saturated rings. The summed E-state index contributed by atoms with van der Waals surface area (Å²) in [5.74, 6) is -0.0427. The van der Waals surface area contributed by atoms with Gasteiger partial charge in [0.25, 0.3) is 0 Å². The minimum absolute atomic E-state index is 0.0427. The van der Waals surface area contributed by atoms with E-state index in [1.807, 2.05) is 18.2 Å². The standard InChI is InChI=1S/C12H12N2O2/c1-9(15)13-6-10-2-3-12(14-7-10)11-4-5-16-8-11/h2-5,7-8H,6H2,1H3,(H,13,15). The number of furan rings is 1. The first-order valence-corrected chi connectivity index (χ1v) is 4.97. The Morgan fingerprint density at radius 3 is 2.88 bits per heavy atom. The van der Waals surface area contributed by atoms with Crippen molar-refractivity contribution in [2.24, 2.45) is 0 Å². The van der Waals surface area contributed by atoms with E-state index in [4.69, 9.17) is 4.42 Å². The Balaban J connectivity index is 2.08. The van der Waals surface area contributed by atoms with Gasteiger partial charge >= 0.3 is 0 Å². The molecule has 2 aromatic rings. The van der Waals surface area contributed by atoms with Crippen LogP contribution in [0, 0.1) is 0 Å². The van der Waals surface area contributed by atoms with Crippen molar-refractivity contribution in [2.75, 3.05) is 0 Å². The summed E-state index contributed by atoms with van der Waals surface area (Å²) in [6, 6.07) is 5.70. The Kier molecular flexibility index (Phi) is 3.00. The molecule has 82 valence electrons. The number of hydrogen-bond acceptors (Lipinski definition) is 3. The number of nitrogens with zero attached hydrogens (tertiary/aromatic N) is 1. The molecule has 0 saturated carbocycles. The fourth-order valence-electron chi connectivity index (χ4n) is 1.34. The molecular weight excluding hydrogens is 204 g/mol. The largest absolute Gasteiger partial charge is 0.472 e. The lowest BCUT2D eigenvalue weighted by atomic mass is 10.2. The van der Waals surface area contributed by atoms with Crippen molar-refractivity contribution < 1.29 is 9.21 Å². The van der Waals surface area contributed by atoms with Crippen molar-refractivity contribution >= 4 is 5.91 Å². The van der Waals surface area contributed by atoms with Crippen LogP contribution in [0.5, 0.6) is 0 Å². The van der Waals surface area contributed by atoms with Crippen molar-refractivity contribution in [1.82, 2.24) is 10.3 Å². The van der Waals surface area contributed by atoms with Gasteiger partial charge in [0.1, 0.15) is 0 Å². The smallest absolute Gasteiger partial charge is 0.217 e. The van der Waals surface area contributed by atoms with Crippen LogP contribution in [0.15, 0.2) is 41.3 Å². The van der Waals surface area contributed by atoms with Gasteiger partial charge in [0.2, 0.25) is 5.91 Å². The highest BCUT2D eigenvalue weighted by molar-refractivity contribution is 5.72. The molecule has 2 heterocycles. The number of rotatable bonds is 3. The number of amides is 1. The topological polar surface area (TPSA) is 55.1 Å². The molecule has 2 aromatic heterocycles. The van der Waals surface area contributed by atoms with Crippen molar-refractivity contribution in [3.63, 3.8) is 0 Å². The summed E-state index contributed by atoms with van der Waals surface area (Å²) in [6.07, 6.45) is 5.01. The van der Waals surface area contributed by atoms with Gasteiger partial charge < -0.3 is 9.73 Å². The van der Waals surface area contributed by atoms with Crippen molar-refractivity contribution in [1.29, 1.82) is 0 Å². The van der Waals surface area contributed by atoms with Crippen molar-refractivity contribution in [3.8, 4) is 11.3 Å². The Morgan fingerprint density at radius 1 is 1.44 bits per heavy atom. The third-order valence-corrected chi connectivity index (χ3v) is 2.18. The van der Waals surface area contributed by atoms with Crippen LogP contribution >= 0.6 is 0 Å². The highest BCUT2D eigenvalue weighted by atomic mass is 16.3. The Morgan fingerprint density at radius 2 is 2.31 bits per heavy atom. The zero-order valence-electron chi connectivity index (χ0n) is 8.93. The molecule has 0 atom stereocenters. The highest BCUT2D eigenvalue weighted by Crippen LogP contribution is 2.16. The van der Waals surface area contributed by atoms with Gasteiger partial charge in [0, 0.05) is 25.2 Å². The van der Waals surface area contributed by atoms with E-state index in [9.17, 15) is 4.79 Å². The molecule has 0 aliphatic heterocycles. The van der Waals surface area contributed by atoms with E-state index in [0.717, 1.165) is 16.8 Å². The molecule has 0 unspecified atom stereocenters. The summed E-state index contributed by atoms with van der Waals surface area (Å²) >= 11 is 0. The molecule has 16 heavy (non-hydrogen) atoms. The number of aromatic nitrogens is 1. The molecule has 2 rings (SSSR count). The van der Waals surface area contributed by atoms with Crippen LogP contribution in [0.4, 0.5) is 0 Å². The van der Waals surface area contributed by atoms with Crippen LogP contribution in [0.1, 0.15) is 12.5 Å². The van der Waals surface area contributed by atoms with Gasteiger partial charge in [-0.25, -0.2) is 0 Å². The van der Waals surface area contributed by atoms with Crippen LogP contribution < -0.4 is 5.32 Å². The van der Waals surface area contributed by atoms with E-state index in [1.54, 1.807) is 18.7 Å². The van der Waals surface area contributed by atoms with Gasteiger partial charge in [-0.15, -0.1) is 0 Å². The molecule has 4 nitrogen and oxygen atoms in total. The fraction of sp³-hybridized carbons (Fsp3) is 0.167. The second-order valence-electron chi connectivity index (χ2n) is 3.47. The average molecular weight is 216 g/mol. The zero-order valence-corrected chi connectivity index (χ0v) is 8.93. The SMILES string of the molecule is CC(=O)NCc1ccc(-c2ccoc2)nc1. The van der Waals surface area contributed by atoms with E-state index in [2.05, 4.69) is 10.3 Å². The van der Waals surface area contributed by atoms with Gasteiger partial charge in [-0.2, -0.15) is 0 Å². The third-order valence-electron chi connectivity index (χ3n) is 2.18. The maximum atomic E-state index is 10.7. The molecule has 0 saturated heterocycles. The lowest BCUT2D eigenvalue weighted by Crippen LogP contribution is -2.18. The summed E-state index contributed by atoms with van der Waals surface area (Å²) < 4.78 is 4.98. The van der Waals surface area contributed by atoms with E-state index >= 15 is 0 Å². The average Bonchev–Trinajstić information content (AvgIpc) is 2.80. The van der Waals surface area contributed by atoms with Gasteiger partial charge in [0.05, 0.1) is 18.2 Å². The van der Waals surface area contributed by atoms with Crippen LogP contribution in [0.3, 0.4) is 0 Å². The van der Waals surface area contributed by atoms with Crippen LogP contribution in [-0.4, -0.2) is 10.9 Å². The van der Waals surface area contributed by atoms with E-state index < -0.39 is 0 Å². The van der Waals surface area contributed by atoms with Crippen molar-refractivity contribution in [2.45, 2.75) is 13.5 Å². The third kappa shape index (κ3) is 2.48. The fourth-order valence-corrected chi connectivity index (χ4v) is 1.34. The summed E-state index contributed by atoms with van der Waals surface area (Å²) in [4.78, 5) is 15.0. The quantitative estimate of drug-likeness (QED) is 0.853. The summed E-state index contributed by atoms with van der Waals surface area (Å²) in [7, 11) is 0. The number of carbonyl (C=O) groups excluding carboxylic acids is 1. The van der Waals surface area contributed by atoms with Gasteiger partial charge in [-0.3, -0.25) is 9.78 Å². The first-order valence-electron chi connectivity index (χ1n) is 4.97. The minimum atomic E-state index is -0.0427. The number of carbonyl (C=O) groups is 1. The monoisotopic (exact) mass is 216 g/mol. The number of pyridine rings is 1. The van der Waals surface area contributed by atoms with Gasteiger partial charge in [-0.1, -0.05) is 6.07 Å². The molecule has 0 bridgehead atoms. The molecule has 0 spiro atoms. The number of hydrogen-bond donors (Lipinski definition) is 1. The first-order chi connectivity index (χ1) is 7.75. The van der Waals surface area contributed by atoms with Crippen LogP contribution in [-0.2, 0) is 11.3 Å². The Bertz CT molecular complexity index is 460. The minimum Gasteiger partial charge on any atom is -0.472 e. The van der Waals surface area contributed by atoms with Gasteiger partial charge in [-0.05, 0) is 17.7 Å². The van der Waals surface area contributed by atoms with Crippen LogP contribution in [0.25, 0.3) is 11.3 Å². The predicted octanol–water partition coefficient (Wildman–Crippen LogP) is 1.98. The lowest BCUT2D eigenvalue weighted by molar-refractivity contribution is -0.119. The van der Waals surface area contributed by atoms with Gasteiger partial charge in [0.15, 0.2) is 0 Å². The lowest BCUT2D eigenvalue weighted by Gasteiger charge is -2.02. The molecule has 1 N–H and O–H groups in total. The Labute approximate surface area is 93.3 Å². The molecule has 0 aliphatic rings.